The van der Waals surface area contributed by atoms with Crippen molar-refractivity contribution in [3.8, 4) is 0 Å². The second kappa shape index (κ2) is 12.6. The lowest BCUT2D eigenvalue weighted by Gasteiger charge is -2.30. The average molecular weight is 656 g/mol. The van der Waals surface area contributed by atoms with Crippen molar-refractivity contribution in [2.45, 2.75) is 24.4 Å². The summed E-state index contributed by atoms with van der Waals surface area (Å²) < 4.78 is 4.84. The van der Waals surface area contributed by atoms with Crippen molar-refractivity contribution in [2.75, 3.05) is 23.0 Å². The average Bonchev–Trinajstić information content (AvgIpc) is 3.27. The molecular formula is C33H26ClN5O8. The van der Waals surface area contributed by atoms with Crippen LogP contribution in [-0.4, -0.2) is 70.5 Å². The zero-order chi connectivity index (χ0) is 33.3. The maximum atomic E-state index is 14.3. The number of aliphatic hydroxyl groups excluding tert-OH is 1. The fourth-order valence-electron chi connectivity index (χ4n) is 5.72. The number of amides is 5. The number of pyridine rings is 1. The SMILES string of the molecule is O=C1CC(Cc2ccc(Cl)cc2)(NC(=O)N2C(=O)[C@@H](NC(=O)c3nccc4ccccc34)CN(C(=O)CO)c3ccccc32)C(=O)O1. The van der Waals surface area contributed by atoms with E-state index in [1.54, 1.807) is 60.7 Å². The Morgan fingerprint density at radius 2 is 1.66 bits per heavy atom. The maximum Gasteiger partial charge on any atom is 0.340 e. The van der Waals surface area contributed by atoms with Gasteiger partial charge in [-0.2, -0.15) is 0 Å². The van der Waals surface area contributed by atoms with Crippen molar-refractivity contribution in [1.82, 2.24) is 15.6 Å². The van der Waals surface area contributed by atoms with Gasteiger partial charge in [0.2, 0.25) is 0 Å². The minimum Gasteiger partial charge on any atom is -0.391 e. The molecule has 1 aromatic heterocycles. The Hall–Kier alpha value is -5.66. The number of fused-ring (bicyclic) bond motifs is 2. The number of nitrogens with one attached hydrogen (secondary N) is 2. The lowest BCUT2D eigenvalue weighted by atomic mass is 9.89. The predicted molar refractivity (Wildman–Crippen MR) is 168 cm³/mol. The van der Waals surface area contributed by atoms with Crippen LogP contribution >= 0.6 is 11.6 Å². The molecule has 1 unspecified atom stereocenters. The van der Waals surface area contributed by atoms with E-state index in [0.29, 0.717) is 26.3 Å². The van der Waals surface area contributed by atoms with Crippen molar-refractivity contribution in [3.05, 3.63) is 101 Å². The Morgan fingerprint density at radius 1 is 0.957 bits per heavy atom. The first-order valence-corrected chi connectivity index (χ1v) is 14.8. The number of ether oxygens (including phenoxy) is 1. The third kappa shape index (κ3) is 6.01. The van der Waals surface area contributed by atoms with E-state index in [9.17, 15) is 33.9 Å². The summed E-state index contributed by atoms with van der Waals surface area (Å²) in [6, 6.07) is 18.4. The highest BCUT2D eigenvalue weighted by atomic mass is 35.5. The van der Waals surface area contributed by atoms with Gasteiger partial charge < -0.3 is 25.4 Å². The van der Waals surface area contributed by atoms with Crippen LogP contribution in [-0.2, 0) is 30.3 Å². The molecule has 1 saturated heterocycles. The Kier molecular flexibility index (Phi) is 8.41. The normalized spacial score (nSPS) is 19.2. The van der Waals surface area contributed by atoms with Gasteiger partial charge in [-0.3, -0.25) is 24.2 Å². The molecule has 5 amide bonds. The number of halogens is 1. The first-order chi connectivity index (χ1) is 22.6. The molecule has 238 valence electrons. The number of hydrogen-bond donors (Lipinski definition) is 3. The number of cyclic esters (lactones) is 2. The van der Waals surface area contributed by atoms with Crippen molar-refractivity contribution >= 4 is 69.4 Å². The number of imide groups is 1. The highest BCUT2D eigenvalue weighted by Crippen LogP contribution is 2.35. The molecule has 0 bridgehead atoms. The maximum absolute atomic E-state index is 14.3. The molecule has 13 nitrogen and oxygen atoms in total. The molecule has 6 rings (SSSR count). The van der Waals surface area contributed by atoms with Gasteiger partial charge in [-0.25, -0.2) is 14.5 Å². The zero-order valence-corrected chi connectivity index (χ0v) is 25.3. The molecule has 2 aliphatic heterocycles. The van der Waals surface area contributed by atoms with E-state index in [0.717, 1.165) is 4.90 Å². The van der Waals surface area contributed by atoms with Gasteiger partial charge in [-0.05, 0) is 41.3 Å². The Bertz CT molecular complexity index is 1950. The lowest BCUT2D eigenvalue weighted by molar-refractivity contribution is -0.154. The monoisotopic (exact) mass is 655 g/mol. The summed E-state index contributed by atoms with van der Waals surface area (Å²) in [7, 11) is 0. The second-order valence-corrected chi connectivity index (χ2v) is 11.4. The molecule has 1 fully saturated rings. The van der Waals surface area contributed by atoms with Gasteiger partial charge in [0.05, 0.1) is 24.3 Å². The van der Waals surface area contributed by atoms with Crippen LogP contribution in [0.2, 0.25) is 5.02 Å². The van der Waals surface area contributed by atoms with Gasteiger partial charge in [-0.1, -0.05) is 60.1 Å². The van der Waals surface area contributed by atoms with Crippen molar-refractivity contribution in [2.24, 2.45) is 0 Å². The van der Waals surface area contributed by atoms with E-state index in [2.05, 4.69) is 15.6 Å². The molecule has 14 heteroatoms. The van der Waals surface area contributed by atoms with Crippen molar-refractivity contribution < 1.29 is 38.6 Å². The number of aromatic nitrogens is 1. The zero-order valence-electron chi connectivity index (χ0n) is 24.5. The van der Waals surface area contributed by atoms with E-state index in [-0.39, 0.29) is 23.5 Å². The largest absolute Gasteiger partial charge is 0.391 e. The quantitative estimate of drug-likeness (QED) is 0.208. The molecule has 0 radical (unpaired) electrons. The molecule has 2 atom stereocenters. The lowest BCUT2D eigenvalue weighted by Crippen LogP contribution is -2.61. The third-order valence-corrected chi connectivity index (χ3v) is 8.19. The van der Waals surface area contributed by atoms with Crippen molar-refractivity contribution in [3.63, 3.8) is 0 Å². The van der Waals surface area contributed by atoms with Gasteiger partial charge >= 0.3 is 18.0 Å². The first-order valence-electron chi connectivity index (χ1n) is 14.4. The molecule has 3 N–H and O–H groups in total. The summed E-state index contributed by atoms with van der Waals surface area (Å²) in [6.07, 6.45) is 0.740. The molecule has 4 aromatic rings. The number of para-hydroxylation sites is 2. The minimum absolute atomic E-state index is 0.00262. The molecular weight excluding hydrogens is 630 g/mol. The van der Waals surface area contributed by atoms with Crippen LogP contribution in [0.3, 0.4) is 0 Å². The van der Waals surface area contributed by atoms with Crippen molar-refractivity contribution in [1.29, 1.82) is 0 Å². The number of aliphatic hydroxyl groups is 1. The molecule has 0 saturated carbocycles. The summed E-state index contributed by atoms with van der Waals surface area (Å²) >= 11 is 6.00. The van der Waals surface area contributed by atoms with E-state index in [1.807, 2.05) is 0 Å². The summed E-state index contributed by atoms with van der Waals surface area (Å²) in [5, 5.41) is 16.6. The number of hydrogen-bond acceptors (Lipinski definition) is 9. The van der Waals surface area contributed by atoms with Gasteiger partial charge in [0.15, 0.2) is 5.54 Å². The van der Waals surface area contributed by atoms with Crippen LogP contribution in [0.15, 0.2) is 85.1 Å². The van der Waals surface area contributed by atoms with Crippen LogP contribution in [0.4, 0.5) is 16.2 Å². The molecule has 47 heavy (non-hydrogen) atoms. The molecule has 3 aromatic carbocycles. The van der Waals surface area contributed by atoms with Crippen LogP contribution < -0.4 is 20.4 Å². The standard InChI is InChI=1S/C33H26ClN5O8/c34-21-11-9-19(10-12-21)15-33(16-27(42)47-31(33)45)37-32(46)39-25-8-4-3-7-24(25)38(26(41)18-40)17-23(30(39)44)36-29(43)28-22-6-2-1-5-20(22)13-14-35-28/h1-14,23,40H,15-18H2,(H,36,43)(H,37,46)/t23-,33?/m0/s1. The molecule has 0 spiro atoms. The van der Waals surface area contributed by atoms with Gasteiger partial charge in [0, 0.05) is 23.0 Å². The van der Waals surface area contributed by atoms with Gasteiger partial charge in [-0.15, -0.1) is 0 Å². The van der Waals surface area contributed by atoms with Crippen LogP contribution in [0.1, 0.15) is 22.5 Å². The molecule has 3 heterocycles. The number of anilines is 2. The summed E-state index contributed by atoms with van der Waals surface area (Å²) in [5.74, 6) is -4.42. The third-order valence-electron chi connectivity index (χ3n) is 7.94. The van der Waals surface area contributed by atoms with Crippen LogP contribution in [0, 0.1) is 0 Å². The highest BCUT2D eigenvalue weighted by Gasteiger charge is 2.52. The molecule has 0 aliphatic carbocycles. The van der Waals surface area contributed by atoms with E-state index in [4.69, 9.17) is 16.3 Å². The van der Waals surface area contributed by atoms with Gasteiger partial charge in [0.25, 0.3) is 17.7 Å². The fourth-order valence-corrected chi connectivity index (χ4v) is 5.85. The number of urea groups is 1. The second-order valence-electron chi connectivity index (χ2n) is 11.0. The number of rotatable bonds is 6. The number of benzene rings is 3. The minimum atomic E-state index is -1.89. The predicted octanol–water partition coefficient (Wildman–Crippen LogP) is 2.52. The number of carbonyl (C=O) groups is 6. The van der Waals surface area contributed by atoms with E-state index >= 15 is 0 Å². The van der Waals surface area contributed by atoms with Crippen LogP contribution in [0.25, 0.3) is 10.8 Å². The fraction of sp³-hybridized carbons (Fsp3) is 0.182. The van der Waals surface area contributed by atoms with E-state index < -0.39 is 66.8 Å². The Balaban J connectivity index is 1.39. The Morgan fingerprint density at radius 3 is 2.36 bits per heavy atom. The summed E-state index contributed by atoms with van der Waals surface area (Å²) in [6.45, 7) is -1.38. The van der Waals surface area contributed by atoms with Gasteiger partial charge in [0.1, 0.15) is 18.3 Å². The number of carbonyl (C=O) groups excluding carboxylic acids is 6. The van der Waals surface area contributed by atoms with Crippen LogP contribution in [0.5, 0.6) is 0 Å². The topological polar surface area (TPSA) is 175 Å². The summed E-state index contributed by atoms with van der Waals surface area (Å²) in [5.41, 5.74) is -1.35. The number of esters is 2. The smallest absolute Gasteiger partial charge is 0.340 e. The Labute approximate surface area is 272 Å². The molecule has 2 aliphatic rings. The summed E-state index contributed by atoms with van der Waals surface area (Å²) in [4.78, 5) is 86.5. The van der Waals surface area contributed by atoms with E-state index in [1.165, 1.54) is 24.4 Å². The highest BCUT2D eigenvalue weighted by molar-refractivity contribution is 6.30. The number of nitrogens with zero attached hydrogens (tertiary/aromatic N) is 3. The first kappa shape index (κ1) is 31.3.